The molecule has 1 fully saturated rings. The lowest BCUT2D eigenvalue weighted by molar-refractivity contribution is -0.0767. The second-order valence-electron chi connectivity index (χ2n) is 5.04. The number of rotatable bonds is 3. The van der Waals surface area contributed by atoms with Crippen LogP contribution in [0.1, 0.15) is 25.5 Å². The second-order valence-corrected chi connectivity index (χ2v) is 5.96. The molecule has 1 aliphatic heterocycles. The fourth-order valence-electron chi connectivity index (χ4n) is 2.47. The molecule has 100 valence electrons. The molecule has 1 heterocycles. The summed E-state index contributed by atoms with van der Waals surface area (Å²) in [5, 5.41) is 10.2. The number of aliphatic hydroxyl groups is 1. The molecule has 1 N–H and O–H groups in total. The van der Waals surface area contributed by atoms with Gasteiger partial charge in [0.15, 0.2) is 0 Å². The Bertz CT molecular complexity index is 372. The van der Waals surface area contributed by atoms with Crippen LogP contribution in [0.2, 0.25) is 0 Å². The van der Waals surface area contributed by atoms with Crippen LogP contribution >= 0.6 is 15.9 Å². The first-order valence-corrected chi connectivity index (χ1v) is 7.15. The molecule has 3 nitrogen and oxygen atoms in total. The van der Waals surface area contributed by atoms with Crippen molar-refractivity contribution in [2.24, 2.45) is 0 Å². The van der Waals surface area contributed by atoms with Crippen LogP contribution in [0.4, 0.5) is 0 Å². The molecule has 0 amide bonds. The molecule has 18 heavy (non-hydrogen) atoms. The molecule has 1 saturated heterocycles. The van der Waals surface area contributed by atoms with Crippen molar-refractivity contribution in [2.75, 3.05) is 19.6 Å². The Hall–Kier alpha value is -0.420. The SMILES string of the molecule is C[C@@H]1CN(C[C@H](O)c2ccc(Br)cc2)C[C@@H](C)O1. The number of halogens is 1. The number of β-amino-alcohol motifs (C(OH)–C–C–N with tert-alkyl or cyclic N) is 1. The van der Waals surface area contributed by atoms with Crippen molar-refractivity contribution < 1.29 is 9.84 Å². The van der Waals surface area contributed by atoms with E-state index in [-0.39, 0.29) is 12.2 Å². The van der Waals surface area contributed by atoms with Gasteiger partial charge in [-0.25, -0.2) is 0 Å². The van der Waals surface area contributed by atoms with Gasteiger partial charge in [0.25, 0.3) is 0 Å². The largest absolute Gasteiger partial charge is 0.387 e. The maximum absolute atomic E-state index is 10.2. The van der Waals surface area contributed by atoms with Crippen LogP contribution in [-0.2, 0) is 4.74 Å². The van der Waals surface area contributed by atoms with Gasteiger partial charge in [-0.3, -0.25) is 4.90 Å². The third kappa shape index (κ3) is 3.79. The highest BCUT2D eigenvalue weighted by Crippen LogP contribution is 2.19. The first-order valence-electron chi connectivity index (χ1n) is 6.36. The first kappa shape index (κ1) is 14.0. The summed E-state index contributed by atoms with van der Waals surface area (Å²) in [4.78, 5) is 2.27. The van der Waals surface area contributed by atoms with E-state index in [1.165, 1.54) is 0 Å². The van der Waals surface area contributed by atoms with Crippen molar-refractivity contribution in [3.05, 3.63) is 34.3 Å². The summed E-state index contributed by atoms with van der Waals surface area (Å²) in [5.74, 6) is 0. The third-order valence-electron chi connectivity index (χ3n) is 3.18. The Morgan fingerprint density at radius 2 is 1.83 bits per heavy atom. The lowest BCUT2D eigenvalue weighted by Crippen LogP contribution is -2.46. The molecule has 2 rings (SSSR count). The molecular formula is C14H20BrNO2. The number of aliphatic hydroxyl groups excluding tert-OH is 1. The Kier molecular flexibility index (Phi) is 4.78. The topological polar surface area (TPSA) is 32.7 Å². The predicted octanol–water partition coefficient (Wildman–Crippen LogP) is 2.59. The van der Waals surface area contributed by atoms with Gasteiger partial charge in [-0.1, -0.05) is 28.1 Å². The number of hydrogen-bond acceptors (Lipinski definition) is 3. The zero-order valence-electron chi connectivity index (χ0n) is 10.8. The predicted molar refractivity (Wildman–Crippen MR) is 75.6 cm³/mol. The Balaban J connectivity index is 1.94. The van der Waals surface area contributed by atoms with Crippen LogP contribution in [0.25, 0.3) is 0 Å². The van der Waals surface area contributed by atoms with Gasteiger partial charge >= 0.3 is 0 Å². The quantitative estimate of drug-likeness (QED) is 0.931. The highest BCUT2D eigenvalue weighted by atomic mass is 79.9. The molecule has 0 unspecified atom stereocenters. The fourth-order valence-corrected chi connectivity index (χ4v) is 2.73. The Labute approximate surface area is 117 Å². The molecule has 1 aliphatic rings. The summed E-state index contributed by atoms with van der Waals surface area (Å²) >= 11 is 3.40. The van der Waals surface area contributed by atoms with Gasteiger partial charge in [-0.15, -0.1) is 0 Å². The summed E-state index contributed by atoms with van der Waals surface area (Å²) < 4.78 is 6.72. The van der Waals surface area contributed by atoms with Crippen molar-refractivity contribution in [3.8, 4) is 0 Å². The maximum atomic E-state index is 10.2. The summed E-state index contributed by atoms with van der Waals surface area (Å²) in [6.45, 7) is 6.60. The lowest BCUT2D eigenvalue weighted by Gasteiger charge is -2.36. The highest BCUT2D eigenvalue weighted by molar-refractivity contribution is 9.10. The minimum atomic E-state index is -0.435. The summed E-state index contributed by atoms with van der Waals surface area (Å²) in [6.07, 6.45) is 0.0485. The van der Waals surface area contributed by atoms with E-state index in [9.17, 15) is 5.11 Å². The molecule has 4 heteroatoms. The van der Waals surface area contributed by atoms with Crippen LogP contribution in [-0.4, -0.2) is 41.8 Å². The zero-order valence-corrected chi connectivity index (χ0v) is 12.4. The summed E-state index contributed by atoms with van der Waals surface area (Å²) in [5.41, 5.74) is 0.963. The number of benzene rings is 1. The van der Waals surface area contributed by atoms with Gasteiger partial charge in [-0.05, 0) is 31.5 Å². The van der Waals surface area contributed by atoms with Gasteiger partial charge in [0, 0.05) is 24.1 Å². The van der Waals surface area contributed by atoms with Crippen molar-refractivity contribution >= 4 is 15.9 Å². The summed E-state index contributed by atoms with van der Waals surface area (Å²) in [7, 11) is 0. The van der Waals surface area contributed by atoms with Crippen molar-refractivity contribution in [1.82, 2.24) is 4.90 Å². The Morgan fingerprint density at radius 3 is 2.39 bits per heavy atom. The number of nitrogens with zero attached hydrogens (tertiary/aromatic N) is 1. The van der Waals surface area contributed by atoms with E-state index in [1.54, 1.807) is 0 Å². The number of morpholine rings is 1. The van der Waals surface area contributed by atoms with E-state index in [1.807, 2.05) is 24.3 Å². The average molecular weight is 314 g/mol. The van der Waals surface area contributed by atoms with Gasteiger partial charge in [-0.2, -0.15) is 0 Å². The minimum Gasteiger partial charge on any atom is -0.387 e. The molecule has 0 aromatic heterocycles. The minimum absolute atomic E-state index is 0.242. The molecule has 1 aromatic rings. The van der Waals surface area contributed by atoms with E-state index in [0.717, 1.165) is 23.1 Å². The normalized spacial score (nSPS) is 27.1. The standard InChI is InChI=1S/C14H20BrNO2/c1-10-7-16(8-11(2)18-10)9-14(17)12-3-5-13(15)6-4-12/h3-6,10-11,14,17H,7-9H2,1-2H3/t10-,11-,14+/m1/s1. The van der Waals surface area contributed by atoms with Crippen LogP contribution in [0, 0.1) is 0 Å². The van der Waals surface area contributed by atoms with Gasteiger partial charge < -0.3 is 9.84 Å². The van der Waals surface area contributed by atoms with Gasteiger partial charge in [0.2, 0.25) is 0 Å². The van der Waals surface area contributed by atoms with Crippen LogP contribution in [0.15, 0.2) is 28.7 Å². The molecule has 3 atom stereocenters. The molecule has 0 spiro atoms. The van der Waals surface area contributed by atoms with Gasteiger partial charge in [0.05, 0.1) is 18.3 Å². The summed E-state index contributed by atoms with van der Waals surface area (Å²) in [6, 6.07) is 7.84. The van der Waals surface area contributed by atoms with Crippen LogP contribution in [0.5, 0.6) is 0 Å². The molecule has 0 bridgehead atoms. The first-order chi connectivity index (χ1) is 8.54. The maximum Gasteiger partial charge on any atom is 0.0916 e. The Morgan fingerprint density at radius 1 is 1.28 bits per heavy atom. The van der Waals surface area contributed by atoms with Crippen LogP contribution in [0.3, 0.4) is 0 Å². The lowest BCUT2D eigenvalue weighted by atomic mass is 10.1. The molecule has 0 radical (unpaired) electrons. The van der Waals surface area contributed by atoms with E-state index < -0.39 is 6.10 Å². The monoisotopic (exact) mass is 313 g/mol. The molecule has 0 saturated carbocycles. The highest BCUT2D eigenvalue weighted by Gasteiger charge is 2.24. The third-order valence-corrected chi connectivity index (χ3v) is 3.71. The van der Waals surface area contributed by atoms with Crippen LogP contribution < -0.4 is 0 Å². The second kappa shape index (κ2) is 6.15. The van der Waals surface area contributed by atoms with E-state index in [4.69, 9.17) is 4.74 Å². The van der Waals surface area contributed by atoms with Gasteiger partial charge in [0.1, 0.15) is 0 Å². The van der Waals surface area contributed by atoms with E-state index in [0.29, 0.717) is 6.54 Å². The molecule has 0 aliphatic carbocycles. The van der Waals surface area contributed by atoms with E-state index in [2.05, 4.69) is 34.7 Å². The van der Waals surface area contributed by atoms with E-state index >= 15 is 0 Å². The molecule has 1 aromatic carbocycles. The smallest absolute Gasteiger partial charge is 0.0916 e. The molecular weight excluding hydrogens is 294 g/mol. The van der Waals surface area contributed by atoms with Crippen molar-refractivity contribution in [1.29, 1.82) is 0 Å². The zero-order chi connectivity index (χ0) is 13.1. The van der Waals surface area contributed by atoms with Crippen molar-refractivity contribution in [2.45, 2.75) is 32.2 Å². The average Bonchev–Trinajstić information content (AvgIpc) is 2.28. The fraction of sp³-hybridized carbons (Fsp3) is 0.571. The number of ether oxygens (including phenoxy) is 1. The van der Waals surface area contributed by atoms with Crippen molar-refractivity contribution in [3.63, 3.8) is 0 Å². The number of hydrogen-bond donors (Lipinski definition) is 1.